The number of rotatable bonds is 4. The van der Waals surface area contributed by atoms with E-state index in [1.54, 1.807) is 0 Å². The molecule has 3 fully saturated rings. The molecule has 0 spiro atoms. The molecule has 10 heteroatoms. The Bertz CT molecular complexity index is 1250. The van der Waals surface area contributed by atoms with E-state index in [9.17, 15) is 23.6 Å². The number of cyclic esters (lactones) is 1. The summed E-state index contributed by atoms with van der Waals surface area (Å²) in [5, 5.41) is 2.51. The van der Waals surface area contributed by atoms with E-state index in [1.807, 2.05) is 31.5 Å². The summed E-state index contributed by atoms with van der Waals surface area (Å²) in [7, 11) is 1.81. The Morgan fingerprint density at radius 3 is 2.53 bits per heavy atom. The van der Waals surface area contributed by atoms with Gasteiger partial charge in [-0.1, -0.05) is 19.9 Å². The number of esters is 2. The van der Waals surface area contributed by atoms with E-state index in [2.05, 4.69) is 5.32 Å². The number of benzene rings is 1. The molecule has 0 radical (unpaired) electrons. The number of carbonyl (C=O) groups is 4. The molecule has 38 heavy (non-hydrogen) atoms. The van der Waals surface area contributed by atoms with Crippen molar-refractivity contribution >= 4 is 37.7 Å². The van der Waals surface area contributed by atoms with Crippen LogP contribution >= 0.6 is 8.19 Å². The first-order valence-electron chi connectivity index (χ1n) is 12.7. The average Bonchev–Trinajstić information content (AvgIpc) is 3.41. The van der Waals surface area contributed by atoms with Gasteiger partial charge in [-0.2, -0.15) is 0 Å². The van der Waals surface area contributed by atoms with Crippen LogP contribution in [0.2, 0.25) is 0 Å². The van der Waals surface area contributed by atoms with Crippen molar-refractivity contribution < 1.29 is 37.8 Å². The molecule has 2 aromatic rings. The molecule has 1 N–H and O–H groups in total. The largest absolute Gasteiger partial charge is 0.469 e. The molecule has 2 saturated carbocycles. The summed E-state index contributed by atoms with van der Waals surface area (Å²) >= 11 is 0. The fourth-order valence-corrected chi connectivity index (χ4v) is 8.01. The lowest BCUT2D eigenvalue weighted by atomic mass is 9.43. The zero-order valence-corrected chi connectivity index (χ0v) is 22.5. The Balaban J connectivity index is 1.48. The third-order valence-electron chi connectivity index (χ3n) is 8.92. The van der Waals surface area contributed by atoms with Crippen molar-refractivity contribution in [3.63, 3.8) is 0 Å². The minimum absolute atomic E-state index is 0.0149. The minimum atomic E-state index is -1.21. The summed E-state index contributed by atoms with van der Waals surface area (Å²) in [6, 6.07) is 7.09. The fraction of sp³-hybridized carbons (Fsp3) is 0.500. The molecule has 3 aliphatic rings. The summed E-state index contributed by atoms with van der Waals surface area (Å²) in [5.41, 5.74) is -0.378. The second kappa shape index (κ2) is 9.84. The van der Waals surface area contributed by atoms with E-state index in [4.69, 9.17) is 14.2 Å². The maximum Gasteiger partial charge on any atom is 0.412 e. The van der Waals surface area contributed by atoms with Gasteiger partial charge in [-0.15, -0.1) is 8.19 Å². The molecule has 8 nitrogen and oxygen atoms in total. The normalized spacial score (nSPS) is 34.6. The first-order valence-corrected chi connectivity index (χ1v) is 13.9. The van der Waals surface area contributed by atoms with Crippen LogP contribution < -0.4 is 5.32 Å². The molecule has 1 amide bonds. The van der Waals surface area contributed by atoms with Gasteiger partial charge in [0.25, 0.3) is 0 Å². The maximum atomic E-state index is 14.2. The number of fused-ring (bicyclic) bond motifs is 3. The van der Waals surface area contributed by atoms with Gasteiger partial charge in [-0.3, -0.25) is 19.7 Å². The number of ketones is 1. The first-order chi connectivity index (χ1) is 18.1. The van der Waals surface area contributed by atoms with E-state index in [1.165, 1.54) is 31.4 Å². The van der Waals surface area contributed by atoms with Crippen LogP contribution in [0.5, 0.6) is 0 Å². The number of ether oxygens (including phenoxy) is 3. The van der Waals surface area contributed by atoms with Gasteiger partial charge in [0.15, 0.2) is 11.9 Å². The lowest BCUT2D eigenvalue weighted by Gasteiger charge is -2.61. The second-order valence-electron chi connectivity index (χ2n) is 11.0. The number of nitrogens with one attached hydrogen (secondary N) is 1. The molecule has 5 rings (SSSR count). The minimum Gasteiger partial charge on any atom is -0.469 e. The molecule has 2 heterocycles. The molecule has 1 aromatic heterocycles. The van der Waals surface area contributed by atoms with Gasteiger partial charge in [0.2, 0.25) is 0 Å². The molecule has 1 aromatic carbocycles. The predicted molar refractivity (Wildman–Crippen MR) is 137 cm³/mol. The van der Waals surface area contributed by atoms with Crippen molar-refractivity contribution in [2.24, 2.45) is 28.6 Å². The quantitative estimate of drug-likeness (QED) is 0.414. The Morgan fingerprint density at radius 1 is 1.13 bits per heavy atom. The van der Waals surface area contributed by atoms with Gasteiger partial charge in [-0.25, -0.2) is 9.18 Å². The van der Waals surface area contributed by atoms with E-state index < -0.39 is 58.7 Å². The van der Waals surface area contributed by atoms with Gasteiger partial charge in [0.05, 0.1) is 18.9 Å². The van der Waals surface area contributed by atoms with E-state index in [0.29, 0.717) is 33.1 Å². The van der Waals surface area contributed by atoms with Crippen molar-refractivity contribution in [1.29, 1.82) is 0 Å². The van der Waals surface area contributed by atoms with Crippen LogP contribution in [0.4, 0.5) is 14.9 Å². The lowest BCUT2D eigenvalue weighted by molar-refractivity contribution is -0.207. The summed E-state index contributed by atoms with van der Waals surface area (Å²) in [5.74, 6) is 0.520. The molecular formula is C28H31FNO7P. The molecular weight excluding hydrogens is 512 g/mol. The van der Waals surface area contributed by atoms with Gasteiger partial charge in [0.1, 0.15) is 11.9 Å². The molecule has 1 aliphatic heterocycles. The average molecular weight is 544 g/mol. The number of Topliss-reactive ketones (excluding diaryl/α,β-unsaturated/α-hetero) is 1. The van der Waals surface area contributed by atoms with E-state index in [0.717, 1.165) is 5.56 Å². The number of hydrogen-bond donors (Lipinski definition) is 1. The van der Waals surface area contributed by atoms with Crippen molar-refractivity contribution in [2.45, 2.75) is 51.7 Å². The summed E-state index contributed by atoms with van der Waals surface area (Å²) in [6.07, 6.45) is -1.22. The van der Waals surface area contributed by atoms with Crippen LogP contribution in [0.1, 0.15) is 51.2 Å². The van der Waals surface area contributed by atoms with Gasteiger partial charge < -0.3 is 14.2 Å². The number of halogens is 1. The van der Waals surface area contributed by atoms with Crippen LogP contribution in [-0.2, 0) is 28.6 Å². The topological polar surface area (TPSA) is 108 Å². The van der Waals surface area contributed by atoms with Crippen LogP contribution in [-0.4, -0.2) is 37.0 Å². The molecule has 1 saturated heterocycles. The highest BCUT2D eigenvalue weighted by atomic mass is 31.0. The number of carbonyl (C=O) groups excluding carboxylic acids is 4. The number of methoxy groups -OCH3 is 1. The van der Waals surface area contributed by atoms with Crippen molar-refractivity contribution in [3.05, 3.63) is 53.3 Å². The first kappa shape index (κ1) is 26.4. The number of hydrogen-bond acceptors (Lipinski definition) is 7. The summed E-state index contributed by atoms with van der Waals surface area (Å²) < 4.78 is 29.8. The number of amides is 1. The summed E-state index contributed by atoms with van der Waals surface area (Å²) in [6.45, 7) is 3.85. The van der Waals surface area contributed by atoms with E-state index >= 15 is 0 Å². The lowest BCUT2D eigenvalue weighted by Crippen LogP contribution is -2.64. The van der Waals surface area contributed by atoms with Crippen LogP contribution in [0.3, 0.4) is 0 Å². The van der Waals surface area contributed by atoms with Gasteiger partial charge in [0, 0.05) is 18.0 Å². The molecule has 2 aliphatic carbocycles. The zero-order chi connectivity index (χ0) is 27.2. The monoisotopic (exact) mass is 543 g/mol. The fourth-order valence-electron chi connectivity index (χ4n) is 7.15. The Morgan fingerprint density at radius 2 is 1.87 bits per heavy atom. The standard InChI is InChI=1S/C28H31FNO7P/c1-27-10-8-18-25(33)36-21(15-9-11-38-14-15)13-28(18,2)23(27)22(31)20(12-19(27)24(32)35-3)37-26(34)30-17-6-4-16(29)5-7-17/h4-7,9,11,14,18-21,23,38H,8,10,12-13H2,1-3H3,(H,30,34)/t18-,19-,20-,21-,23-,27-,28-/m0/s1. The molecule has 202 valence electrons. The highest BCUT2D eigenvalue weighted by Gasteiger charge is 2.67. The second-order valence-corrected chi connectivity index (χ2v) is 12.0. The van der Waals surface area contributed by atoms with E-state index in [-0.39, 0.29) is 18.2 Å². The Hall–Kier alpha value is -3.19. The molecule has 8 atom stereocenters. The SMILES string of the molecule is COC(=O)[C@@H]1C[C@H](OC(=O)Nc2ccc(F)cc2)C(=O)[C@H]2[C@@]1(C)CC[C@H]1C(=O)O[C@H](c3cc[pH]c3)C[C@]21C. The van der Waals surface area contributed by atoms with Crippen LogP contribution in [0, 0.1) is 34.4 Å². The van der Waals surface area contributed by atoms with Crippen molar-refractivity contribution in [1.82, 2.24) is 0 Å². The van der Waals surface area contributed by atoms with Crippen LogP contribution in [0.15, 0.2) is 41.9 Å². The smallest absolute Gasteiger partial charge is 0.412 e. The number of anilines is 1. The zero-order valence-electron chi connectivity index (χ0n) is 21.5. The maximum absolute atomic E-state index is 14.2. The van der Waals surface area contributed by atoms with Crippen LogP contribution in [0.25, 0.3) is 0 Å². The molecule has 0 bridgehead atoms. The highest BCUT2D eigenvalue weighted by Crippen LogP contribution is 2.65. The Labute approximate surface area is 221 Å². The predicted octanol–water partition coefficient (Wildman–Crippen LogP) is 5.26. The Kier molecular flexibility index (Phi) is 6.84. The molecule has 1 unspecified atom stereocenters. The highest BCUT2D eigenvalue weighted by molar-refractivity contribution is 7.28. The van der Waals surface area contributed by atoms with Gasteiger partial charge in [-0.05, 0) is 71.5 Å². The summed E-state index contributed by atoms with van der Waals surface area (Å²) in [4.78, 5) is 53.2. The van der Waals surface area contributed by atoms with Crippen molar-refractivity contribution in [3.8, 4) is 0 Å². The van der Waals surface area contributed by atoms with Crippen molar-refractivity contribution in [2.75, 3.05) is 12.4 Å². The third kappa shape index (κ3) is 4.41. The van der Waals surface area contributed by atoms with Gasteiger partial charge >= 0.3 is 18.0 Å². The third-order valence-corrected chi connectivity index (χ3v) is 9.78.